The average Bonchev–Trinajstić information content (AvgIpc) is 2.70. The SMILES string of the molecule is CNCc1cccc(Cl)c1SC1CCOC1C. The van der Waals surface area contributed by atoms with Crippen LogP contribution in [-0.2, 0) is 11.3 Å². The van der Waals surface area contributed by atoms with Gasteiger partial charge < -0.3 is 10.1 Å². The van der Waals surface area contributed by atoms with Gasteiger partial charge in [-0.25, -0.2) is 0 Å². The van der Waals surface area contributed by atoms with Gasteiger partial charge in [-0.1, -0.05) is 23.7 Å². The normalized spacial score (nSPS) is 24.2. The Morgan fingerprint density at radius 1 is 1.53 bits per heavy atom. The van der Waals surface area contributed by atoms with E-state index in [0.717, 1.165) is 24.6 Å². The third-order valence-electron chi connectivity index (χ3n) is 2.99. The molecular weight excluding hydrogens is 254 g/mol. The summed E-state index contributed by atoms with van der Waals surface area (Å²) >= 11 is 8.16. The molecule has 0 saturated carbocycles. The van der Waals surface area contributed by atoms with Crippen LogP contribution in [0.2, 0.25) is 5.02 Å². The average molecular weight is 272 g/mol. The van der Waals surface area contributed by atoms with Gasteiger partial charge in [0.1, 0.15) is 0 Å². The van der Waals surface area contributed by atoms with Crippen LogP contribution in [0.4, 0.5) is 0 Å². The zero-order chi connectivity index (χ0) is 12.3. The molecule has 0 spiro atoms. The summed E-state index contributed by atoms with van der Waals surface area (Å²) in [4.78, 5) is 1.20. The van der Waals surface area contributed by atoms with E-state index in [1.165, 1.54) is 10.5 Å². The molecule has 1 aromatic carbocycles. The van der Waals surface area contributed by atoms with Gasteiger partial charge >= 0.3 is 0 Å². The van der Waals surface area contributed by atoms with Crippen LogP contribution in [0.15, 0.2) is 23.1 Å². The lowest BCUT2D eigenvalue weighted by atomic mass is 10.2. The van der Waals surface area contributed by atoms with E-state index in [0.29, 0.717) is 11.4 Å². The Bertz CT molecular complexity index is 386. The first kappa shape index (κ1) is 13.2. The number of ether oxygens (including phenoxy) is 1. The van der Waals surface area contributed by atoms with E-state index in [9.17, 15) is 0 Å². The van der Waals surface area contributed by atoms with E-state index in [1.54, 1.807) is 0 Å². The van der Waals surface area contributed by atoms with Crippen molar-refractivity contribution in [3.63, 3.8) is 0 Å². The summed E-state index contributed by atoms with van der Waals surface area (Å²) in [5, 5.41) is 4.55. The highest BCUT2D eigenvalue weighted by atomic mass is 35.5. The van der Waals surface area contributed by atoms with Gasteiger partial charge in [0.15, 0.2) is 0 Å². The first-order valence-electron chi connectivity index (χ1n) is 5.92. The molecule has 2 atom stereocenters. The van der Waals surface area contributed by atoms with Crippen LogP contribution < -0.4 is 5.32 Å². The fourth-order valence-electron chi connectivity index (χ4n) is 2.03. The molecule has 4 heteroatoms. The number of rotatable bonds is 4. The van der Waals surface area contributed by atoms with Crippen LogP contribution in [0, 0.1) is 0 Å². The predicted molar refractivity (Wildman–Crippen MR) is 73.9 cm³/mol. The second-order valence-electron chi connectivity index (χ2n) is 4.28. The molecule has 1 aromatic rings. The molecule has 0 radical (unpaired) electrons. The van der Waals surface area contributed by atoms with E-state index in [1.807, 2.05) is 30.9 Å². The topological polar surface area (TPSA) is 21.3 Å². The van der Waals surface area contributed by atoms with Gasteiger partial charge in [0.2, 0.25) is 0 Å². The van der Waals surface area contributed by atoms with E-state index in [-0.39, 0.29) is 0 Å². The van der Waals surface area contributed by atoms with Crippen molar-refractivity contribution in [3.8, 4) is 0 Å². The summed E-state index contributed by atoms with van der Waals surface area (Å²) in [5.74, 6) is 0. The number of hydrogen-bond acceptors (Lipinski definition) is 3. The third-order valence-corrected chi connectivity index (χ3v) is 5.06. The molecule has 0 bridgehead atoms. The zero-order valence-electron chi connectivity index (χ0n) is 10.2. The third kappa shape index (κ3) is 3.16. The largest absolute Gasteiger partial charge is 0.377 e. The molecule has 0 amide bonds. The van der Waals surface area contributed by atoms with Crippen molar-refractivity contribution < 1.29 is 4.74 Å². The molecule has 0 aromatic heterocycles. The Morgan fingerprint density at radius 2 is 2.35 bits per heavy atom. The van der Waals surface area contributed by atoms with E-state index in [4.69, 9.17) is 16.3 Å². The van der Waals surface area contributed by atoms with E-state index >= 15 is 0 Å². The molecule has 1 aliphatic heterocycles. The van der Waals surface area contributed by atoms with Crippen molar-refractivity contribution in [2.75, 3.05) is 13.7 Å². The van der Waals surface area contributed by atoms with E-state index < -0.39 is 0 Å². The lowest BCUT2D eigenvalue weighted by Gasteiger charge is -2.17. The van der Waals surface area contributed by atoms with Gasteiger partial charge in [-0.2, -0.15) is 0 Å². The van der Waals surface area contributed by atoms with Crippen LogP contribution >= 0.6 is 23.4 Å². The monoisotopic (exact) mass is 271 g/mol. The molecule has 1 fully saturated rings. The number of benzene rings is 1. The van der Waals surface area contributed by atoms with Crippen molar-refractivity contribution in [1.29, 1.82) is 0 Å². The smallest absolute Gasteiger partial charge is 0.0669 e. The number of nitrogens with one attached hydrogen (secondary N) is 1. The maximum Gasteiger partial charge on any atom is 0.0669 e. The fraction of sp³-hybridized carbons (Fsp3) is 0.538. The van der Waals surface area contributed by atoms with Crippen LogP contribution in [0.5, 0.6) is 0 Å². The summed E-state index contributed by atoms with van der Waals surface area (Å²) in [5.41, 5.74) is 1.27. The second kappa shape index (κ2) is 6.10. The maximum absolute atomic E-state index is 6.30. The minimum absolute atomic E-state index is 0.318. The van der Waals surface area contributed by atoms with Crippen LogP contribution in [0.1, 0.15) is 18.9 Å². The highest BCUT2D eigenvalue weighted by Crippen LogP contribution is 2.38. The molecule has 2 rings (SSSR count). The van der Waals surface area contributed by atoms with Crippen molar-refractivity contribution >= 4 is 23.4 Å². The molecule has 2 nitrogen and oxygen atoms in total. The van der Waals surface area contributed by atoms with Crippen molar-refractivity contribution in [3.05, 3.63) is 28.8 Å². The van der Waals surface area contributed by atoms with Gasteiger partial charge in [-0.15, -0.1) is 11.8 Å². The van der Waals surface area contributed by atoms with Crippen molar-refractivity contribution in [1.82, 2.24) is 5.32 Å². The summed E-state index contributed by atoms with van der Waals surface area (Å²) in [6.07, 6.45) is 1.43. The molecule has 17 heavy (non-hydrogen) atoms. The molecule has 1 aliphatic rings. The molecule has 1 heterocycles. The van der Waals surface area contributed by atoms with Crippen LogP contribution in [-0.4, -0.2) is 25.0 Å². The zero-order valence-corrected chi connectivity index (χ0v) is 11.8. The molecule has 1 N–H and O–H groups in total. The number of hydrogen-bond donors (Lipinski definition) is 1. The molecule has 2 unspecified atom stereocenters. The summed E-state index contributed by atoms with van der Waals surface area (Å²) in [6, 6.07) is 6.10. The maximum atomic E-state index is 6.30. The van der Waals surface area contributed by atoms with Gasteiger partial charge in [-0.3, -0.25) is 0 Å². The van der Waals surface area contributed by atoms with Crippen LogP contribution in [0.3, 0.4) is 0 Å². The van der Waals surface area contributed by atoms with Gasteiger partial charge in [0, 0.05) is 23.3 Å². The standard InChI is InChI=1S/C13H18ClNOS/c1-9-12(6-7-16-9)17-13-10(8-15-2)4-3-5-11(13)14/h3-5,9,12,15H,6-8H2,1-2H3. The summed E-state index contributed by atoms with van der Waals surface area (Å²) < 4.78 is 5.60. The lowest BCUT2D eigenvalue weighted by Crippen LogP contribution is -2.14. The minimum atomic E-state index is 0.318. The highest BCUT2D eigenvalue weighted by Gasteiger charge is 2.26. The highest BCUT2D eigenvalue weighted by molar-refractivity contribution is 8.00. The minimum Gasteiger partial charge on any atom is -0.377 e. The van der Waals surface area contributed by atoms with Crippen molar-refractivity contribution in [2.24, 2.45) is 0 Å². The van der Waals surface area contributed by atoms with Crippen molar-refractivity contribution in [2.45, 2.75) is 36.1 Å². The quantitative estimate of drug-likeness (QED) is 0.908. The first-order valence-corrected chi connectivity index (χ1v) is 7.18. The number of halogens is 1. The Labute approximate surface area is 112 Å². The fourth-order valence-corrected chi connectivity index (χ4v) is 3.62. The van der Waals surface area contributed by atoms with E-state index in [2.05, 4.69) is 18.3 Å². The lowest BCUT2D eigenvalue weighted by molar-refractivity contribution is 0.127. The summed E-state index contributed by atoms with van der Waals surface area (Å²) in [7, 11) is 1.96. The molecular formula is C13H18ClNOS. The molecule has 1 saturated heterocycles. The van der Waals surface area contributed by atoms with Gasteiger partial charge in [-0.05, 0) is 32.0 Å². The van der Waals surface area contributed by atoms with Gasteiger partial charge in [0.25, 0.3) is 0 Å². The first-order chi connectivity index (χ1) is 8.22. The Balaban J connectivity index is 2.18. The summed E-state index contributed by atoms with van der Waals surface area (Å²) in [6.45, 7) is 3.86. The predicted octanol–water partition coefficient (Wildman–Crippen LogP) is 3.33. The Hall–Kier alpha value is -0.220. The molecule has 0 aliphatic carbocycles. The number of thioether (sulfide) groups is 1. The second-order valence-corrected chi connectivity index (χ2v) is 5.94. The van der Waals surface area contributed by atoms with Crippen LogP contribution in [0.25, 0.3) is 0 Å². The molecule has 94 valence electrons. The Morgan fingerprint density at radius 3 is 3.00 bits per heavy atom. The van der Waals surface area contributed by atoms with Gasteiger partial charge in [0.05, 0.1) is 11.1 Å². The Kier molecular flexibility index (Phi) is 4.74.